The van der Waals surface area contributed by atoms with Crippen LogP contribution in [0.4, 0.5) is 0 Å². The molecule has 1 amide bonds. The maximum Gasteiger partial charge on any atom is 0.251 e. The number of rotatable bonds is 6. The number of ether oxygens (including phenoxy) is 1. The molecule has 2 N–H and O–H groups in total. The lowest BCUT2D eigenvalue weighted by atomic mass is 9.86. The van der Waals surface area contributed by atoms with Gasteiger partial charge >= 0.3 is 0 Å². The highest BCUT2D eigenvalue weighted by atomic mass is 16.5. The predicted octanol–water partition coefficient (Wildman–Crippen LogP) is 2.66. The minimum absolute atomic E-state index is 0.0971. The summed E-state index contributed by atoms with van der Waals surface area (Å²) in [7, 11) is 1.60. The van der Waals surface area contributed by atoms with Gasteiger partial charge in [0.05, 0.1) is 13.7 Å². The van der Waals surface area contributed by atoms with Crippen LogP contribution in [0.15, 0.2) is 29.3 Å². The van der Waals surface area contributed by atoms with Gasteiger partial charge in [0.15, 0.2) is 5.96 Å². The summed E-state index contributed by atoms with van der Waals surface area (Å²) in [6.07, 6.45) is 6.75. The van der Waals surface area contributed by atoms with Gasteiger partial charge in [-0.25, -0.2) is 0 Å². The molecule has 0 bridgehead atoms. The Morgan fingerprint density at radius 3 is 2.81 bits per heavy atom. The molecule has 2 aliphatic rings. The molecule has 2 fully saturated rings. The Hall–Kier alpha value is -2.24. The van der Waals surface area contributed by atoms with Crippen molar-refractivity contribution in [1.82, 2.24) is 15.5 Å². The molecule has 0 aromatic heterocycles. The standard InChI is InChI=1S/C21H32N4O2/c1-3-22-20(25-14-11-21(16-25)9-4-5-10-21)24-13-12-23-19(26)17-7-6-8-18(15-17)27-2/h6-8,15H,3-5,9-14,16H2,1-2H3,(H,22,24)(H,23,26). The monoisotopic (exact) mass is 372 g/mol. The van der Waals surface area contributed by atoms with Crippen molar-refractivity contribution < 1.29 is 9.53 Å². The van der Waals surface area contributed by atoms with Crippen LogP contribution >= 0.6 is 0 Å². The summed E-state index contributed by atoms with van der Waals surface area (Å²) >= 11 is 0. The Labute approximate surface area is 162 Å². The maximum absolute atomic E-state index is 12.3. The Bertz CT molecular complexity index is 668. The minimum atomic E-state index is -0.0971. The van der Waals surface area contributed by atoms with Crippen molar-refractivity contribution in [3.05, 3.63) is 29.8 Å². The van der Waals surface area contributed by atoms with Gasteiger partial charge in [0.2, 0.25) is 0 Å². The molecule has 1 saturated carbocycles. The van der Waals surface area contributed by atoms with E-state index in [0.29, 0.717) is 29.8 Å². The molecule has 0 radical (unpaired) electrons. The molecule has 148 valence electrons. The van der Waals surface area contributed by atoms with E-state index in [0.717, 1.165) is 25.6 Å². The molecule has 1 aliphatic heterocycles. The molecule has 27 heavy (non-hydrogen) atoms. The summed E-state index contributed by atoms with van der Waals surface area (Å²) in [5.74, 6) is 1.57. The smallest absolute Gasteiger partial charge is 0.251 e. The van der Waals surface area contributed by atoms with Gasteiger partial charge in [-0.3, -0.25) is 9.79 Å². The summed E-state index contributed by atoms with van der Waals surface area (Å²) in [5, 5.41) is 6.35. The van der Waals surface area contributed by atoms with Gasteiger partial charge in [-0.15, -0.1) is 0 Å². The van der Waals surface area contributed by atoms with Gasteiger partial charge in [-0.2, -0.15) is 0 Å². The van der Waals surface area contributed by atoms with Crippen molar-refractivity contribution in [2.45, 2.75) is 39.0 Å². The molecular weight excluding hydrogens is 340 g/mol. The van der Waals surface area contributed by atoms with Crippen LogP contribution in [-0.4, -0.2) is 56.6 Å². The quantitative estimate of drug-likeness (QED) is 0.458. The van der Waals surface area contributed by atoms with Gasteiger partial charge in [0.25, 0.3) is 5.91 Å². The number of carbonyl (C=O) groups excluding carboxylic acids is 1. The van der Waals surface area contributed by atoms with E-state index < -0.39 is 0 Å². The number of amides is 1. The predicted molar refractivity (Wildman–Crippen MR) is 108 cm³/mol. The van der Waals surface area contributed by atoms with E-state index in [9.17, 15) is 4.79 Å². The fraction of sp³-hybridized carbons (Fsp3) is 0.619. The molecule has 3 rings (SSSR count). The molecule has 1 aromatic rings. The van der Waals surface area contributed by atoms with Gasteiger partial charge in [-0.1, -0.05) is 18.9 Å². The lowest BCUT2D eigenvalue weighted by Gasteiger charge is -2.26. The van der Waals surface area contributed by atoms with E-state index in [2.05, 4.69) is 22.5 Å². The molecule has 1 heterocycles. The van der Waals surface area contributed by atoms with Crippen molar-refractivity contribution in [2.75, 3.05) is 39.8 Å². The third-order valence-electron chi connectivity index (χ3n) is 5.73. The second-order valence-electron chi connectivity index (χ2n) is 7.60. The van der Waals surface area contributed by atoms with Crippen molar-refractivity contribution in [1.29, 1.82) is 0 Å². The molecule has 6 nitrogen and oxygen atoms in total. The third-order valence-corrected chi connectivity index (χ3v) is 5.73. The van der Waals surface area contributed by atoms with Crippen LogP contribution < -0.4 is 15.4 Å². The number of aliphatic imine (C=N–C) groups is 1. The van der Waals surface area contributed by atoms with Gasteiger partial charge in [-0.05, 0) is 49.8 Å². The zero-order valence-corrected chi connectivity index (χ0v) is 16.6. The summed E-state index contributed by atoms with van der Waals surface area (Å²) in [5.41, 5.74) is 1.13. The number of nitrogens with zero attached hydrogens (tertiary/aromatic N) is 2. The van der Waals surface area contributed by atoms with E-state index in [1.165, 1.54) is 32.1 Å². The number of nitrogens with one attached hydrogen (secondary N) is 2. The van der Waals surface area contributed by atoms with Crippen molar-refractivity contribution >= 4 is 11.9 Å². The molecule has 0 atom stereocenters. The highest BCUT2D eigenvalue weighted by Crippen LogP contribution is 2.45. The van der Waals surface area contributed by atoms with Crippen LogP contribution in [0, 0.1) is 5.41 Å². The molecule has 6 heteroatoms. The summed E-state index contributed by atoms with van der Waals surface area (Å²) in [4.78, 5) is 19.4. The van der Waals surface area contributed by atoms with Crippen LogP contribution in [0.5, 0.6) is 5.75 Å². The number of benzene rings is 1. The Kier molecular flexibility index (Phi) is 6.58. The van der Waals surface area contributed by atoms with Crippen LogP contribution in [0.1, 0.15) is 49.4 Å². The first-order valence-electron chi connectivity index (χ1n) is 10.1. The average molecular weight is 373 g/mol. The lowest BCUT2D eigenvalue weighted by molar-refractivity contribution is 0.0954. The molecular formula is C21H32N4O2. The molecule has 1 spiro atoms. The van der Waals surface area contributed by atoms with E-state index >= 15 is 0 Å². The van der Waals surface area contributed by atoms with Crippen LogP contribution in [-0.2, 0) is 0 Å². The number of hydrogen-bond acceptors (Lipinski definition) is 3. The van der Waals surface area contributed by atoms with Gasteiger partial charge in [0, 0.05) is 31.7 Å². The first-order valence-corrected chi connectivity index (χ1v) is 10.1. The van der Waals surface area contributed by atoms with Crippen molar-refractivity contribution in [3.8, 4) is 5.75 Å². The maximum atomic E-state index is 12.3. The first kappa shape index (κ1) is 19.5. The number of methoxy groups -OCH3 is 1. The highest BCUT2D eigenvalue weighted by Gasteiger charge is 2.41. The second-order valence-corrected chi connectivity index (χ2v) is 7.60. The van der Waals surface area contributed by atoms with E-state index in [4.69, 9.17) is 9.73 Å². The summed E-state index contributed by atoms with van der Waals surface area (Å²) in [6.45, 7) is 6.25. The molecule has 1 aromatic carbocycles. The Morgan fingerprint density at radius 1 is 1.26 bits per heavy atom. The van der Waals surface area contributed by atoms with E-state index in [1.807, 2.05) is 12.1 Å². The fourth-order valence-electron chi connectivity index (χ4n) is 4.27. The van der Waals surface area contributed by atoms with Crippen LogP contribution in [0.3, 0.4) is 0 Å². The third kappa shape index (κ3) is 4.93. The zero-order chi connectivity index (χ0) is 19.1. The number of guanidine groups is 1. The SMILES string of the molecule is CCNC(=NCCNC(=O)c1cccc(OC)c1)N1CCC2(CCCC2)C1. The van der Waals surface area contributed by atoms with E-state index in [-0.39, 0.29) is 5.91 Å². The topological polar surface area (TPSA) is 66.0 Å². The zero-order valence-electron chi connectivity index (χ0n) is 16.6. The lowest BCUT2D eigenvalue weighted by Crippen LogP contribution is -2.41. The Morgan fingerprint density at radius 2 is 2.07 bits per heavy atom. The molecule has 1 saturated heterocycles. The highest BCUT2D eigenvalue weighted by molar-refractivity contribution is 5.94. The van der Waals surface area contributed by atoms with Gasteiger partial charge < -0.3 is 20.3 Å². The number of carbonyl (C=O) groups is 1. The van der Waals surface area contributed by atoms with Crippen molar-refractivity contribution in [2.24, 2.45) is 10.4 Å². The first-order chi connectivity index (χ1) is 13.2. The van der Waals surface area contributed by atoms with Crippen molar-refractivity contribution in [3.63, 3.8) is 0 Å². The number of hydrogen-bond donors (Lipinski definition) is 2. The second kappa shape index (κ2) is 9.11. The largest absolute Gasteiger partial charge is 0.497 e. The Balaban J connectivity index is 1.51. The average Bonchev–Trinajstić information content (AvgIpc) is 3.34. The fourth-order valence-corrected chi connectivity index (χ4v) is 4.27. The van der Waals surface area contributed by atoms with Crippen LogP contribution in [0.2, 0.25) is 0 Å². The van der Waals surface area contributed by atoms with Crippen LogP contribution in [0.25, 0.3) is 0 Å². The molecule has 1 aliphatic carbocycles. The summed E-state index contributed by atoms with van der Waals surface area (Å²) in [6, 6.07) is 7.18. The summed E-state index contributed by atoms with van der Waals surface area (Å²) < 4.78 is 5.17. The normalized spacial score (nSPS) is 18.7. The minimum Gasteiger partial charge on any atom is -0.497 e. The van der Waals surface area contributed by atoms with E-state index in [1.54, 1.807) is 19.2 Å². The number of likely N-dealkylation sites (tertiary alicyclic amines) is 1. The molecule has 0 unspecified atom stereocenters. The van der Waals surface area contributed by atoms with Gasteiger partial charge in [0.1, 0.15) is 5.75 Å².